The van der Waals surface area contributed by atoms with Crippen molar-refractivity contribution >= 4 is 39.1 Å². The molecule has 0 spiro atoms. The van der Waals surface area contributed by atoms with Gasteiger partial charge < -0.3 is 18.8 Å². The van der Waals surface area contributed by atoms with Crippen LogP contribution in [0, 0.1) is 17.0 Å². The molecule has 0 aliphatic carbocycles. The number of amides is 1. The van der Waals surface area contributed by atoms with Gasteiger partial charge in [-0.15, -0.1) is 0 Å². The first-order valence-corrected chi connectivity index (χ1v) is 10.4. The topological polar surface area (TPSA) is 122 Å². The number of nitro groups is 1. The van der Waals surface area contributed by atoms with Crippen molar-refractivity contribution in [2.75, 3.05) is 20.8 Å². The van der Waals surface area contributed by atoms with E-state index in [1.165, 1.54) is 50.7 Å². The summed E-state index contributed by atoms with van der Waals surface area (Å²) in [5, 5.41) is 11.2. The van der Waals surface area contributed by atoms with Gasteiger partial charge in [-0.3, -0.25) is 19.7 Å². The number of fused-ring (bicyclic) bond motifs is 1. The third-order valence-corrected chi connectivity index (χ3v) is 5.75. The van der Waals surface area contributed by atoms with Crippen molar-refractivity contribution < 1.29 is 28.7 Å². The summed E-state index contributed by atoms with van der Waals surface area (Å²) in [6, 6.07) is 7.64. The second-order valence-corrected chi connectivity index (χ2v) is 7.58. The Kier molecular flexibility index (Phi) is 6.89. The Balaban J connectivity index is 2.21. The number of nitro benzene ring substituents is 1. The number of nitrogens with zero attached hydrogens (tertiary/aromatic N) is 3. The summed E-state index contributed by atoms with van der Waals surface area (Å²) in [6.45, 7) is 3.22. The highest BCUT2D eigenvalue weighted by molar-refractivity contribution is 7.16. The Bertz CT molecular complexity index is 1280. The van der Waals surface area contributed by atoms with Crippen molar-refractivity contribution in [3.05, 3.63) is 56.4 Å². The van der Waals surface area contributed by atoms with Crippen molar-refractivity contribution in [3.8, 4) is 11.5 Å². The maximum Gasteiger partial charge on any atom is 0.326 e. The van der Waals surface area contributed by atoms with Crippen LogP contribution >= 0.6 is 11.3 Å². The van der Waals surface area contributed by atoms with E-state index in [2.05, 4.69) is 4.99 Å². The summed E-state index contributed by atoms with van der Waals surface area (Å²) >= 11 is 1.17. The number of thiazole rings is 1. The van der Waals surface area contributed by atoms with Crippen molar-refractivity contribution in [3.63, 3.8) is 0 Å². The lowest BCUT2D eigenvalue weighted by Crippen LogP contribution is -2.23. The van der Waals surface area contributed by atoms with Crippen LogP contribution in [0.25, 0.3) is 10.2 Å². The molecule has 1 aromatic heterocycles. The maximum atomic E-state index is 12.9. The number of methoxy groups -OCH3 is 2. The molecule has 0 saturated carbocycles. The number of rotatable bonds is 7. The van der Waals surface area contributed by atoms with Gasteiger partial charge in [0.05, 0.1) is 41.5 Å². The monoisotopic (exact) mass is 459 g/mol. The smallest absolute Gasteiger partial charge is 0.326 e. The molecule has 0 unspecified atom stereocenters. The highest BCUT2D eigenvalue weighted by Gasteiger charge is 2.19. The molecule has 0 N–H and O–H groups in total. The van der Waals surface area contributed by atoms with Gasteiger partial charge in [0, 0.05) is 23.8 Å². The van der Waals surface area contributed by atoms with Crippen LogP contribution in [-0.4, -0.2) is 42.2 Å². The first-order chi connectivity index (χ1) is 15.3. The molecular formula is C21H21N3O7S. The van der Waals surface area contributed by atoms with Crippen LogP contribution in [-0.2, 0) is 16.1 Å². The molecule has 3 aromatic rings. The largest absolute Gasteiger partial charge is 0.493 e. The minimum Gasteiger partial charge on any atom is -0.493 e. The fourth-order valence-corrected chi connectivity index (χ4v) is 4.21. The minimum absolute atomic E-state index is 0.106. The third-order valence-electron chi connectivity index (χ3n) is 4.71. The van der Waals surface area contributed by atoms with Gasteiger partial charge in [-0.2, -0.15) is 4.99 Å². The molecule has 32 heavy (non-hydrogen) atoms. The van der Waals surface area contributed by atoms with Gasteiger partial charge in [0.2, 0.25) is 0 Å². The quantitative estimate of drug-likeness (QED) is 0.302. The molecule has 0 bridgehead atoms. The van der Waals surface area contributed by atoms with Crippen LogP contribution in [0.15, 0.2) is 35.3 Å². The zero-order valence-electron chi connectivity index (χ0n) is 17.9. The van der Waals surface area contributed by atoms with Crippen molar-refractivity contribution in [2.45, 2.75) is 20.4 Å². The SMILES string of the molecule is CCOC(=O)Cn1c(=NC(=O)c2cccc([N+](=O)[O-])c2C)sc2cc(OC)c(OC)cc21. The molecular weight excluding hydrogens is 438 g/mol. The fourth-order valence-electron chi connectivity index (χ4n) is 3.17. The summed E-state index contributed by atoms with van der Waals surface area (Å²) in [5.41, 5.74) is 0.751. The lowest BCUT2D eigenvalue weighted by molar-refractivity contribution is -0.385. The number of benzene rings is 2. The molecule has 10 nitrogen and oxygen atoms in total. The van der Waals surface area contributed by atoms with Crippen LogP contribution in [0.2, 0.25) is 0 Å². The van der Waals surface area contributed by atoms with Gasteiger partial charge in [0.1, 0.15) is 6.54 Å². The van der Waals surface area contributed by atoms with Crippen molar-refractivity contribution in [1.82, 2.24) is 4.57 Å². The maximum absolute atomic E-state index is 12.9. The van der Waals surface area contributed by atoms with E-state index in [0.29, 0.717) is 21.7 Å². The molecule has 0 aliphatic heterocycles. The first kappa shape index (κ1) is 22.9. The number of ether oxygens (including phenoxy) is 3. The second-order valence-electron chi connectivity index (χ2n) is 6.57. The van der Waals surface area contributed by atoms with Crippen LogP contribution in [0.5, 0.6) is 11.5 Å². The van der Waals surface area contributed by atoms with Crippen LogP contribution in [0.1, 0.15) is 22.8 Å². The molecule has 0 saturated heterocycles. The lowest BCUT2D eigenvalue weighted by atomic mass is 10.1. The van der Waals surface area contributed by atoms with E-state index in [0.717, 1.165) is 0 Å². The number of carbonyl (C=O) groups is 2. The highest BCUT2D eigenvalue weighted by atomic mass is 32.1. The summed E-state index contributed by atoms with van der Waals surface area (Å²) in [7, 11) is 3.00. The predicted molar refractivity (Wildman–Crippen MR) is 117 cm³/mol. The van der Waals surface area contributed by atoms with Crippen molar-refractivity contribution in [1.29, 1.82) is 0 Å². The molecule has 1 heterocycles. The van der Waals surface area contributed by atoms with Crippen LogP contribution in [0.4, 0.5) is 5.69 Å². The molecule has 0 atom stereocenters. The van der Waals surface area contributed by atoms with E-state index in [9.17, 15) is 19.7 Å². The Morgan fingerprint density at radius 3 is 2.50 bits per heavy atom. The Morgan fingerprint density at radius 1 is 1.19 bits per heavy atom. The van der Waals surface area contributed by atoms with Gasteiger partial charge in [-0.05, 0) is 19.9 Å². The van der Waals surface area contributed by atoms with Gasteiger partial charge in [0.25, 0.3) is 11.6 Å². The summed E-state index contributed by atoms with van der Waals surface area (Å²) < 4.78 is 18.0. The molecule has 168 valence electrons. The molecule has 11 heteroatoms. The van der Waals surface area contributed by atoms with Crippen LogP contribution in [0.3, 0.4) is 0 Å². The average molecular weight is 459 g/mol. The van der Waals surface area contributed by atoms with Crippen molar-refractivity contribution in [2.24, 2.45) is 4.99 Å². The van der Waals surface area contributed by atoms with Gasteiger partial charge in [-0.25, -0.2) is 0 Å². The van der Waals surface area contributed by atoms with E-state index in [-0.39, 0.29) is 34.8 Å². The molecule has 0 aliphatic rings. The third kappa shape index (κ3) is 4.47. The molecule has 0 radical (unpaired) electrons. The Morgan fingerprint density at radius 2 is 1.88 bits per heavy atom. The zero-order valence-corrected chi connectivity index (χ0v) is 18.7. The summed E-state index contributed by atoms with van der Waals surface area (Å²) in [5.74, 6) is -0.225. The van der Waals surface area contributed by atoms with Gasteiger partial charge >= 0.3 is 5.97 Å². The van der Waals surface area contributed by atoms with Crippen LogP contribution < -0.4 is 14.3 Å². The number of carbonyl (C=O) groups excluding carboxylic acids is 2. The van der Waals surface area contributed by atoms with Gasteiger partial charge in [-0.1, -0.05) is 17.4 Å². The normalized spacial score (nSPS) is 11.4. The molecule has 1 amide bonds. The fraction of sp³-hybridized carbons (Fsp3) is 0.286. The van der Waals surface area contributed by atoms with E-state index >= 15 is 0 Å². The summed E-state index contributed by atoms with van der Waals surface area (Å²) in [4.78, 5) is 40.2. The highest BCUT2D eigenvalue weighted by Crippen LogP contribution is 2.33. The van der Waals surface area contributed by atoms with E-state index < -0.39 is 16.8 Å². The summed E-state index contributed by atoms with van der Waals surface area (Å²) in [6.07, 6.45) is 0. The predicted octanol–water partition coefficient (Wildman–Crippen LogP) is 3.24. The number of esters is 1. The number of hydrogen-bond acceptors (Lipinski definition) is 8. The number of hydrogen-bond donors (Lipinski definition) is 0. The zero-order chi connectivity index (χ0) is 23.4. The second kappa shape index (κ2) is 9.60. The van der Waals surface area contributed by atoms with E-state index in [1.54, 1.807) is 23.6 Å². The minimum atomic E-state index is -0.658. The Labute approximate surface area is 186 Å². The van der Waals surface area contributed by atoms with Gasteiger partial charge in [0.15, 0.2) is 16.3 Å². The molecule has 2 aromatic carbocycles. The van der Waals surface area contributed by atoms with E-state index in [4.69, 9.17) is 14.2 Å². The number of aromatic nitrogens is 1. The van der Waals surface area contributed by atoms with E-state index in [1.807, 2.05) is 0 Å². The first-order valence-electron chi connectivity index (χ1n) is 9.54. The molecule has 0 fully saturated rings. The average Bonchev–Trinajstić information content (AvgIpc) is 3.08. The molecule has 3 rings (SSSR count). The Hall–Kier alpha value is -3.73. The standard InChI is InChI=1S/C21H21N3O7S/c1-5-31-19(25)11-23-15-9-16(29-3)17(30-4)10-18(15)32-21(23)22-20(26)13-7-6-8-14(12(13)2)24(27)28/h6-10H,5,11H2,1-4H3. The lowest BCUT2D eigenvalue weighted by Gasteiger charge is -2.09.